The lowest BCUT2D eigenvalue weighted by Crippen LogP contribution is -2.43. The van der Waals surface area contributed by atoms with Gasteiger partial charge < -0.3 is 9.88 Å². The molecule has 1 aromatic carbocycles. The first kappa shape index (κ1) is 20.2. The first-order valence-corrected chi connectivity index (χ1v) is 10.7. The molecule has 0 unspecified atom stereocenters. The highest BCUT2D eigenvalue weighted by Gasteiger charge is 2.34. The van der Waals surface area contributed by atoms with Crippen LogP contribution < -0.4 is 5.32 Å². The Balaban J connectivity index is 1.68. The van der Waals surface area contributed by atoms with Crippen LogP contribution in [0.25, 0.3) is 0 Å². The molecule has 1 fully saturated rings. The Morgan fingerprint density at radius 1 is 1.25 bits per heavy atom. The van der Waals surface area contributed by atoms with Crippen molar-refractivity contribution in [2.24, 2.45) is 5.92 Å². The number of amides is 1. The van der Waals surface area contributed by atoms with Crippen LogP contribution in [0.3, 0.4) is 0 Å². The van der Waals surface area contributed by atoms with Crippen LogP contribution in [-0.2, 0) is 21.4 Å². The van der Waals surface area contributed by atoms with Gasteiger partial charge in [0, 0.05) is 37.1 Å². The molecular formula is C19H24N4O4S. The molecule has 0 spiro atoms. The van der Waals surface area contributed by atoms with Crippen molar-refractivity contribution in [1.82, 2.24) is 13.9 Å². The number of sulfonamides is 1. The number of aryl methyl sites for hydroxylation is 1. The van der Waals surface area contributed by atoms with E-state index >= 15 is 0 Å². The Morgan fingerprint density at radius 3 is 2.57 bits per heavy atom. The highest BCUT2D eigenvalue weighted by atomic mass is 32.2. The third-order valence-corrected chi connectivity index (χ3v) is 6.64. The molecule has 0 aliphatic carbocycles. The minimum absolute atomic E-state index is 0.00947. The number of aromatic nitrogens is 2. The molecule has 1 atom stereocenters. The van der Waals surface area contributed by atoms with Crippen molar-refractivity contribution >= 4 is 27.4 Å². The van der Waals surface area contributed by atoms with Gasteiger partial charge in [-0.05, 0) is 51.0 Å². The van der Waals surface area contributed by atoms with E-state index in [1.807, 2.05) is 6.92 Å². The maximum Gasteiger partial charge on any atom is 0.262 e. The van der Waals surface area contributed by atoms with E-state index in [0.717, 1.165) is 0 Å². The molecule has 9 heteroatoms. The molecule has 2 heterocycles. The number of rotatable bonds is 6. The fourth-order valence-corrected chi connectivity index (χ4v) is 4.64. The van der Waals surface area contributed by atoms with Gasteiger partial charge in [-0.1, -0.05) is 0 Å². The average Bonchev–Trinajstić information content (AvgIpc) is 3.18. The minimum atomic E-state index is -3.72. The molecular weight excluding hydrogens is 380 g/mol. The molecule has 0 saturated carbocycles. The minimum Gasteiger partial charge on any atom is -0.336 e. The van der Waals surface area contributed by atoms with Gasteiger partial charge >= 0.3 is 0 Å². The van der Waals surface area contributed by atoms with Crippen LogP contribution in [-0.4, -0.2) is 47.1 Å². The summed E-state index contributed by atoms with van der Waals surface area (Å²) in [7, 11) is -3.72. The summed E-state index contributed by atoms with van der Waals surface area (Å²) in [6.45, 7) is 4.52. The summed E-state index contributed by atoms with van der Waals surface area (Å²) in [4.78, 5) is 28.0. The smallest absolute Gasteiger partial charge is 0.262 e. The second-order valence-electron chi connectivity index (χ2n) is 6.87. The van der Waals surface area contributed by atoms with Crippen molar-refractivity contribution in [1.29, 1.82) is 0 Å². The van der Waals surface area contributed by atoms with Gasteiger partial charge in [0.05, 0.1) is 12.2 Å². The summed E-state index contributed by atoms with van der Waals surface area (Å²) in [5, 5.41) is 2.82. The van der Waals surface area contributed by atoms with Crippen molar-refractivity contribution in [3.63, 3.8) is 0 Å². The zero-order valence-corrected chi connectivity index (χ0v) is 16.8. The summed E-state index contributed by atoms with van der Waals surface area (Å²) in [5.74, 6) is -0.713. The third kappa shape index (κ3) is 4.31. The number of nitrogens with one attached hydrogen (secondary N) is 1. The summed E-state index contributed by atoms with van der Waals surface area (Å²) < 4.78 is 28.7. The molecule has 1 saturated heterocycles. The van der Waals surface area contributed by atoms with Gasteiger partial charge in [-0.3, -0.25) is 9.59 Å². The fourth-order valence-electron chi connectivity index (χ4n) is 3.19. The molecule has 1 aromatic heterocycles. The average molecular weight is 404 g/mol. The molecule has 1 aliphatic rings. The van der Waals surface area contributed by atoms with Crippen LogP contribution in [0.15, 0.2) is 41.8 Å². The predicted octanol–water partition coefficient (Wildman–Crippen LogP) is 2.14. The quantitative estimate of drug-likeness (QED) is 0.744. The van der Waals surface area contributed by atoms with Gasteiger partial charge in [0.2, 0.25) is 5.91 Å². The number of ketones is 1. The highest BCUT2D eigenvalue weighted by Crippen LogP contribution is 2.24. The molecule has 150 valence electrons. The monoisotopic (exact) mass is 404 g/mol. The van der Waals surface area contributed by atoms with E-state index in [2.05, 4.69) is 10.3 Å². The van der Waals surface area contributed by atoms with Crippen LogP contribution in [0.2, 0.25) is 0 Å². The number of piperidine rings is 1. The van der Waals surface area contributed by atoms with Gasteiger partial charge in [0.15, 0.2) is 10.8 Å². The van der Waals surface area contributed by atoms with Gasteiger partial charge in [0.1, 0.15) is 0 Å². The molecule has 0 bridgehead atoms. The van der Waals surface area contributed by atoms with Crippen molar-refractivity contribution in [2.45, 2.75) is 38.3 Å². The van der Waals surface area contributed by atoms with E-state index in [1.54, 1.807) is 28.8 Å². The summed E-state index contributed by atoms with van der Waals surface area (Å²) in [5.41, 5.74) is 1.15. The molecule has 1 N–H and O–H groups in total. The van der Waals surface area contributed by atoms with Crippen LogP contribution in [0.5, 0.6) is 0 Å². The van der Waals surface area contributed by atoms with E-state index in [0.29, 0.717) is 37.2 Å². The zero-order valence-electron chi connectivity index (χ0n) is 16.0. The number of imidazole rings is 1. The lowest BCUT2D eigenvalue weighted by Gasteiger charge is -2.30. The van der Waals surface area contributed by atoms with E-state index in [9.17, 15) is 18.0 Å². The molecule has 1 aliphatic heterocycles. The molecule has 8 nitrogen and oxygen atoms in total. The first-order valence-electron chi connectivity index (χ1n) is 9.25. The Bertz CT molecular complexity index is 966. The van der Waals surface area contributed by atoms with Crippen molar-refractivity contribution in [3.8, 4) is 0 Å². The molecule has 2 aromatic rings. The van der Waals surface area contributed by atoms with E-state index < -0.39 is 15.9 Å². The maximum absolute atomic E-state index is 12.8. The number of Topliss-reactive ketones (excluding diaryl/α,β-unsaturated/α-hetero) is 1. The number of carbonyl (C=O) groups is 2. The molecule has 28 heavy (non-hydrogen) atoms. The second kappa shape index (κ2) is 8.24. The topological polar surface area (TPSA) is 101 Å². The first-order chi connectivity index (χ1) is 13.3. The molecule has 3 rings (SSSR count). The maximum atomic E-state index is 12.8. The summed E-state index contributed by atoms with van der Waals surface area (Å²) >= 11 is 0. The standard InChI is InChI=1S/C19H24N4O4S/c1-3-22-12-18(20-13-22)28(26,27)23-10-4-5-16(11-23)19(25)21-17-8-6-15(7-9-17)14(2)24/h6-9,12-13,16H,3-5,10-11H2,1-2H3,(H,21,25)/t16-/m0/s1. The van der Waals surface area contributed by atoms with Crippen molar-refractivity contribution < 1.29 is 18.0 Å². The predicted molar refractivity (Wildman–Crippen MR) is 104 cm³/mol. The van der Waals surface area contributed by atoms with Crippen LogP contribution in [0, 0.1) is 5.92 Å². The number of hydrogen-bond donors (Lipinski definition) is 1. The lowest BCUT2D eigenvalue weighted by molar-refractivity contribution is -0.120. The second-order valence-corrected chi connectivity index (χ2v) is 8.75. The normalized spacial score (nSPS) is 18.0. The highest BCUT2D eigenvalue weighted by molar-refractivity contribution is 7.89. The number of hydrogen-bond acceptors (Lipinski definition) is 5. The third-order valence-electron chi connectivity index (χ3n) is 4.89. The number of nitrogens with zero attached hydrogens (tertiary/aromatic N) is 3. The van der Waals surface area contributed by atoms with Crippen LogP contribution >= 0.6 is 0 Å². The Morgan fingerprint density at radius 2 is 1.96 bits per heavy atom. The largest absolute Gasteiger partial charge is 0.336 e. The SMILES string of the molecule is CCn1cnc(S(=O)(=O)N2CCC[C@H](C(=O)Nc3ccc(C(C)=O)cc3)C2)c1. The number of anilines is 1. The summed E-state index contributed by atoms with van der Waals surface area (Å²) in [6, 6.07) is 6.64. The van der Waals surface area contributed by atoms with Gasteiger partial charge in [-0.25, -0.2) is 13.4 Å². The zero-order chi connectivity index (χ0) is 20.3. The number of carbonyl (C=O) groups excluding carboxylic acids is 2. The molecule has 0 radical (unpaired) electrons. The Kier molecular flexibility index (Phi) is 5.95. The Hall–Kier alpha value is -2.52. The number of benzene rings is 1. The Labute approximate surface area is 164 Å². The fraction of sp³-hybridized carbons (Fsp3) is 0.421. The van der Waals surface area contributed by atoms with E-state index in [1.165, 1.54) is 23.8 Å². The van der Waals surface area contributed by atoms with E-state index in [-0.39, 0.29) is 23.3 Å². The lowest BCUT2D eigenvalue weighted by atomic mass is 9.98. The van der Waals surface area contributed by atoms with Gasteiger partial charge in [-0.2, -0.15) is 4.31 Å². The van der Waals surface area contributed by atoms with Crippen molar-refractivity contribution in [2.75, 3.05) is 18.4 Å². The molecule has 1 amide bonds. The van der Waals surface area contributed by atoms with E-state index in [4.69, 9.17) is 0 Å². The summed E-state index contributed by atoms with van der Waals surface area (Å²) in [6.07, 6.45) is 4.23. The van der Waals surface area contributed by atoms with Crippen LogP contribution in [0.1, 0.15) is 37.0 Å². The van der Waals surface area contributed by atoms with Crippen LogP contribution in [0.4, 0.5) is 5.69 Å². The van der Waals surface area contributed by atoms with Crippen molar-refractivity contribution in [3.05, 3.63) is 42.4 Å². The van der Waals surface area contributed by atoms with Gasteiger partial charge in [0.25, 0.3) is 10.0 Å². The van der Waals surface area contributed by atoms with Gasteiger partial charge in [-0.15, -0.1) is 0 Å².